The highest BCUT2D eigenvalue weighted by Gasteiger charge is 2.20. The van der Waals surface area contributed by atoms with E-state index in [1.54, 1.807) is 0 Å². The van der Waals surface area contributed by atoms with Crippen molar-refractivity contribution in [3.63, 3.8) is 0 Å². The summed E-state index contributed by atoms with van der Waals surface area (Å²) in [6, 6.07) is 11.3. The van der Waals surface area contributed by atoms with Gasteiger partial charge in [0.1, 0.15) is 0 Å². The van der Waals surface area contributed by atoms with Crippen molar-refractivity contribution in [3.8, 4) is 0 Å². The number of nitrogens with one attached hydrogen (secondary N) is 1. The van der Waals surface area contributed by atoms with Crippen LogP contribution in [0.3, 0.4) is 0 Å². The monoisotopic (exact) mass is 230 g/mol. The van der Waals surface area contributed by atoms with E-state index in [1.165, 1.54) is 24.0 Å². The molecule has 2 rings (SSSR count). The molecule has 0 atom stereocenters. The van der Waals surface area contributed by atoms with Crippen molar-refractivity contribution in [2.45, 2.75) is 25.4 Å². The van der Waals surface area contributed by atoms with Crippen molar-refractivity contribution >= 4 is 0 Å². The molecule has 1 fully saturated rings. The van der Waals surface area contributed by atoms with Gasteiger partial charge in [-0.05, 0) is 31.0 Å². The van der Waals surface area contributed by atoms with Gasteiger partial charge < -0.3 is 5.32 Å². The molecule has 92 valence electrons. The van der Waals surface area contributed by atoms with Gasteiger partial charge in [0.05, 0.1) is 0 Å². The predicted molar refractivity (Wildman–Crippen MR) is 72.9 cm³/mol. The molecular formula is C15H22N2. The smallest absolute Gasteiger partial charge is 0.0234 e. The molecule has 0 aliphatic heterocycles. The summed E-state index contributed by atoms with van der Waals surface area (Å²) in [5.74, 6) is 0. The minimum atomic E-state index is 0.770. The highest BCUT2D eigenvalue weighted by Crippen LogP contribution is 2.18. The molecule has 1 aromatic carbocycles. The molecule has 0 radical (unpaired) electrons. The Kier molecular flexibility index (Phi) is 4.35. The van der Waals surface area contributed by atoms with E-state index in [9.17, 15) is 0 Å². The molecule has 0 bridgehead atoms. The maximum absolute atomic E-state index is 4.13. The van der Waals surface area contributed by atoms with Crippen LogP contribution in [0.2, 0.25) is 0 Å². The molecule has 2 heteroatoms. The Morgan fingerprint density at radius 2 is 2.06 bits per heavy atom. The summed E-state index contributed by atoms with van der Waals surface area (Å²) in [6.45, 7) is 7.05. The highest BCUT2D eigenvalue weighted by molar-refractivity contribution is 5.14. The zero-order valence-electron chi connectivity index (χ0n) is 10.7. The first-order valence-electron chi connectivity index (χ1n) is 6.36. The number of benzene rings is 1. The molecule has 0 heterocycles. The molecule has 2 nitrogen and oxygen atoms in total. The number of hydrogen-bond acceptors (Lipinski definition) is 2. The second-order valence-electron chi connectivity index (χ2n) is 5.06. The van der Waals surface area contributed by atoms with Crippen molar-refractivity contribution < 1.29 is 0 Å². The van der Waals surface area contributed by atoms with Crippen molar-refractivity contribution in [1.29, 1.82) is 0 Å². The fourth-order valence-corrected chi connectivity index (χ4v) is 1.96. The lowest BCUT2D eigenvalue weighted by Crippen LogP contribution is -2.26. The van der Waals surface area contributed by atoms with Crippen molar-refractivity contribution in [2.24, 2.45) is 0 Å². The topological polar surface area (TPSA) is 15.3 Å². The van der Waals surface area contributed by atoms with Gasteiger partial charge in [-0.1, -0.05) is 36.9 Å². The summed E-state index contributed by atoms with van der Waals surface area (Å²) in [5.41, 5.74) is 2.63. The summed E-state index contributed by atoms with van der Waals surface area (Å²) in [4.78, 5) is 2.31. The van der Waals surface area contributed by atoms with Crippen LogP contribution in [0.4, 0.5) is 0 Å². The van der Waals surface area contributed by atoms with Gasteiger partial charge in [-0.2, -0.15) is 0 Å². The third-order valence-corrected chi connectivity index (χ3v) is 3.01. The van der Waals surface area contributed by atoms with Crippen molar-refractivity contribution in [2.75, 3.05) is 20.1 Å². The maximum Gasteiger partial charge on any atom is 0.0234 e. The van der Waals surface area contributed by atoms with Crippen molar-refractivity contribution in [3.05, 3.63) is 48.0 Å². The normalized spacial score (nSPS) is 15.2. The quantitative estimate of drug-likeness (QED) is 0.724. The molecule has 0 saturated heterocycles. The average molecular weight is 230 g/mol. The van der Waals surface area contributed by atoms with Gasteiger partial charge in [0.25, 0.3) is 0 Å². The first kappa shape index (κ1) is 12.3. The van der Waals surface area contributed by atoms with Crippen LogP contribution >= 0.6 is 0 Å². The Balaban J connectivity index is 1.68. The minimum absolute atomic E-state index is 0.770. The van der Waals surface area contributed by atoms with E-state index in [-0.39, 0.29) is 0 Å². The van der Waals surface area contributed by atoms with E-state index < -0.39 is 0 Å². The molecule has 1 aliphatic carbocycles. The van der Waals surface area contributed by atoms with Crippen LogP contribution in [-0.2, 0) is 6.54 Å². The molecule has 17 heavy (non-hydrogen) atoms. The Labute approximate surface area is 104 Å². The zero-order chi connectivity index (χ0) is 12.1. The van der Waals surface area contributed by atoms with E-state index in [1.807, 2.05) is 0 Å². The van der Waals surface area contributed by atoms with E-state index in [0.29, 0.717) is 0 Å². The fraction of sp³-hybridized carbons (Fsp3) is 0.467. The Bertz CT molecular complexity index is 354. The van der Waals surface area contributed by atoms with Crippen LogP contribution in [0, 0.1) is 0 Å². The van der Waals surface area contributed by atoms with Crippen LogP contribution in [-0.4, -0.2) is 31.1 Å². The molecule has 1 saturated carbocycles. The van der Waals surface area contributed by atoms with E-state index >= 15 is 0 Å². The molecule has 1 aromatic rings. The molecule has 0 aromatic heterocycles. The molecular weight excluding hydrogens is 208 g/mol. The van der Waals surface area contributed by atoms with Gasteiger partial charge in [-0.15, -0.1) is 0 Å². The number of likely N-dealkylation sites (N-methyl/N-ethyl adjacent to an activating group) is 1. The Hall–Kier alpha value is -1.12. The van der Waals surface area contributed by atoms with E-state index in [2.05, 4.69) is 54.2 Å². The number of hydrogen-bond donors (Lipinski definition) is 1. The van der Waals surface area contributed by atoms with Gasteiger partial charge in [-0.3, -0.25) is 4.90 Å². The minimum Gasteiger partial charge on any atom is -0.310 e. The third-order valence-electron chi connectivity index (χ3n) is 3.01. The summed E-state index contributed by atoms with van der Waals surface area (Å²) in [7, 11) is 2.15. The molecule has 0 spiro atoms. The maximum atomic E-state index is 4.13. The summed E-state index contributed by atoms with van der Waals surface area (Å²) < 4.78 is 0. The first-order chi connectivity index (χ1) is 8.24. The highest BCUT2D eigenvalue weighted by atomic mass is 15.1. The van der Waals surface area contributed by atoms with Crippen LogP contribution in [0.15, 0.2) is 42.5 Å². The lowest BCUT2D eigenvalue weighted by atomic mass is 10.2. The third kappa shape index (κ3) is 4.72. The van der Waals surface area contributed by atoms with Crippen LogP contribution in [0.5, 0.6) is 0 Å². The van der Waals surface area contributed by atoms with Gasteiger partial charge in [0, 0.05) is 25.7 Å². The molecule has 0 unspecified atom stereocenters. The zero-order valence-corrected chi connectivity index (χ0v) is 10.7. The number of nitrogens with zero attached hydrogens (tertiary/aromatic N) is 1. The number of rotatable bonds is 7. The second-order valence-corrected chi connectivity index (χ2v) is 5.06. The lowest BCUT2D eigenvalue weighted by molar-refractivity contribution is 0.352. The van der Waals surface area contributed by atoms with Gasteiger partial charge in [0.15, 0.2) is 0 Å². The summed E-state index contributed by atoms with van der Waals surface area (Å²) in [5, 5.41) is 3.50. The van der Waals surface area contributed by atoms with Gasteiger partial charge in [0.2, 0.25) is 0 Å². The second kappa shape index (κ2) is 5.99. The Morgan fingerprint density at radius 3 is 2.71 bits per heavy atom. The summed E-state index contributed by atoms with van der Waals surface area (Å²) >= 11 is 0. The van der Waals surface area contributed by atoms with Crippen LogP contribution < -0.4 is 5.32 Å². The average Bonchev–Trinajstić information content (AvgIpc) is 3.11. The molecule has 1 aliphatic rings. The summed E-state index contributed by atoms with van der Waals surface area (Å²) in [6.07, 6.45) is 2.68. The van der Waals surface area contributed by atoms with Gasteiger partial charge in [-0.25, -0.2) is 0 Å². The fourth-order valence-electron chi connectivity index (χ4n) is 1.96. The van der Waals surface area contributed by atoms with E-state index in [4.69, 9.17) is 0 Å². The predicted octanol–water partition coefficient (Wildman–Crippen LogP) is 2.43. The van der Waals surface area contributed by atoms with Crippen LogP contribution in [0.1, 0.15) is 18.4 Å². The Morgan fingerprint density at radius 1 is 1.35 bits per heavy atom. The van der Waals surface area contributed by atoms with Crippen LogP contribution in [0.25, 0.3) is 0 Å². The largest absolute Gasteiger partial charge is 0.310 e. The first-order valence-corrected chi connectivity index (χ1v) is 6.36. The molecule has 1 N–H and O–H groups in total. The van der Waals surface area contributed by atoms with Crippen molar-refractivity contribution in [1.82, 2.24) is 10.2 Å². The standard InChI is InChI=1S/C15H22N2/c1-13(10-16-15-8-9-15)11-17(2)12-14-6-4-3-5-7-14/h3-7,15-16H,1,8-12H2,2H3. The SMILES string of the molecule is C=C(CNC1CC1)CN(C)Cc1ccccc1. The van der Waals surface area contributed by atoms with Gasteiger partial charge >= 0.3 is 0 Å². The lowest BCUT2D eigenvalue weighted by Gasteiger charge is -2.18. The molecule has 0 amide bonds. The van der Waals surface area contributed by atoms with E-state index in [0.717, 1.165) is 25.7 Å².